The number of carbonyl (C=O) groups excluding carboxylic acids is 3. The Labute approximate surface area is 190 Å². The highest BCUT2D eigenvalue weighted by Crippen LogP contribution is 2.31. The summed E-state index contributed by atoms with van der Waals surface area (Å²) in [5, 5.41) is 2.79. The van der Waals surface area contributed by atoms with Gasteiger partial charge in [-0.1, -0.05) is 6.07 Å². The maximum Gasteiger partial charge on any atom is 0.355 e. The predicted molar refractivity (Wildman–Crippen MR) is 118 cm³/mol. The molecule has 0 saturated heterocycles. The van der Waals surface area contributed by atoms with Crippen molar-refractivity contribution in [3.8, 4) is 11.5 Å². The Morgan fingerprint density at radius 2 is 1.70 bits per heavy atom. The highest BCUT2D eigenvalue weighted by atomic mass is 16.5. The van der Waals surface area contributed by atoms with Gasteiger partial charge in [0.2, 0.25) is 0 Å². The molecule has 0 spiro atoms. The van der Waals surface area contributed by atoms with Crippen LogP contribution in [0.2, 0.25) is 0 Å². The van der Waals surface area contributed by atoms with Gasteiger partial charge in [0.15, 0.2) is 0 Å². The van der Waals surface area contributed by atoms with Gasteiger partial charge in [0.1, 0.15) is 23.9 Å². The average Bonchev–Trinajstić information content (AvgIpc) is 2.87. The molecule has 0 aromatic heterocycles. The SMILES string of the molecule is COC(=O)C1=C(C(=O)OC)N(c2cccc(C(=O)Nc3cc(OC)ccc3OC)c2)COC1. The van der Waals surface area contributed by atoms with Gasteiger partial charge in [-0.25, -0.2) is 9.59 Å². The van der Waals surface area contributed by atoms with Crippen LogP contribution in [-0.4, -0.2) is 59.6 Å². The van der Waals surface area contributed by atoms with E-state index in [9.17, 15) is 14.4 Å². The van der Waals surface area contributed by atoms with Crippen molar-refractivity contribution in [3.63, 3.8) is 0 Å². The zero-order valence-electron chi connectivity index (χ0n) is 18.7. The third-order valence-corrected chi connectivity index (χ3v) is 4.91. The number of nitrogens with zero attached hydrogens (tertiary/aromatic N) is 1. The molecule has 0 aliphatic carbocycles. The fourth-order valence-corrected chi connectivity index (χ4v) is 3.27. The smallest absolute Gasteiger partial charge is 0.355 e. The number of esters is 2. The van der Waals surface area contributed by atoms with Crippen molar-refractivity contribution in [1.29, 1.82) is 0 Å². The lowest BCUT2D eigenvalue weighted by Crippen LogP contribution is -2.38. The van der Waals surface area contributed by atoms with Crippen LogP contribution in [0.25, 0.3) is 0 Å². The van der Waals surface area contributed by atoms with E-state index < -0.39 is 17.8 Å². The quantitative estimate of drug-likeness (QED) is 0.627. The van der Waals surface area contributed by atoms with Crippen molar-refractivity contribution in [2.45, 2.75) is 0 Å². The van der Waals surface area contributed by atoms with E-state index in [1.165, 1.54) is 33.3 Å². The first-order valence-electron chi connectivity index (χ1n) is 9.82. The van der Waals surface area contributed by atoms with Gasteiger partial charge in [0.25, 0.3) is 5.91 Å². The third-order valence-electron chi connectivity index (χ3n) is 4.91. The summed E-state index contributed by atoms with van der Waals surface area (Å²) in [7, 11) is 5.44. The van der Waals surface area contributed by atoms with E-state index in [1.807, 2.05) is 0 Å². The molecule has 1 amide bonds. The number of hydrogen-bond acceptors (Lipinski definition) is 9. The minimum atomic E-state index is -0.727. The lowest BCUT2D eigenvalue weighted by Gasteiger charge is -2.31. The summed E-state index contributed by atoms with van der Waals surface area (Å²) < 4.78 is 25.6. The summed E-state index contributed by atoms with van der Waals surface area (Å²) >= 11 is 0. The number of carbonyl (C=O) groups is 3. The van der Waals surface area contributed by atoms with Crippen LogP contribution in [0.3, 0.4) is 0 Å². The van der Waals surface area contributed by atoms with E-state index in [-0.39, 0.29) is 24.6 Å². The second-order valence-electron chi connectivity index (χ2n) is 6.79. The normalized spacial score (nSPS) is 13.3. The van der Waals surface area contributed by atoms with Crippen molar-refractivity contribution < 1.29 is 38.1 Å². The Balaban J connectivity index is 1.95. The molecule has 10 heteroatoms. The molecule has 0 bridgehead atoms. The molecule has 0 atom stereocenters. The molecule has 0 radical (unpaired) electrons. The van der Waals surface area contributed by atoms with Gasteiger partial charge >= 0.3 is 11.9 Å². The molecule has 2 aromatic carbocycles. The Morgan fingerprint density at radius 1 is 0.939 bits per heavy atom. The molecule has 0 fully saturated rings. The fraction of sp³-hybridized carbons (Fsp3) is 0.261. The second-order valence-corrected chi connectivity index (χ2v) is 6.79. The van der Waals surface area contributed by atoms with Crippen molar-refractivity contribution in [2.24, 2.45) is 0 Å². The zero-order chi connectivity index (χ0) is 24.0. The van der Waals surface area contributed by atoms with E-state index in [0.29, 0.717) is 28.4 Å². The predicted octanol–water partition coefficient (Wildman–Crippen LogP) is 2.35. The van der Waals surface area contributed by atoms with Crippen LogP contribution in [0.15, 0.2) is 53.7 Å². The van der Waals surface area contributed by atoms with Crippen LogP contribution >= 0.6 is 0 Å². The molecule has 0 saturated carbocycles. The molecule has 0 unspecified atom stereocenters. The van der Waals surface area contributed by atoms with E-state index in [2.05, 4.69) is 5.32 Å². The Hall–Kier alpha value is -4.05. The summed E-state index contributed by atoms with van der Waals surface area (Å²) in [6.07, 6.45) is 0. The Bertz CT molecular complexity index is 1100. The fourth-order valence-electron chi connectivity index (χ4n) is 3.27. The number of methoxy groups -OCH3 is 4. The monoisotopic (exact) mass is 456 g/mol. The van der Waals surface area contributed by atoms with Crippen molar-refractivity contribution in [2.75, 3.05) is 52.0 Å². The van der Waals surface area contributed by atoms with Gasteiger partial charge in [0.05, 0.1) is 46.3 Å². The topological polar surface area (TPSA) is 113 Å². The maximum atomic E-state index is 13.0. The van der Waals surface area contributed by atoms with Crippen LogP contribution in [0.1, 0.15) is 10.4 Å². The first-order valence-corrected chi connectivity index (χ1v) is 9.82. The minimum Gasteiger partial charge on any atom is -0.497 e. The van der Waals surface area contributed by atoms with Gasteiger partial charge < -0.3 is 33.9 Å². The zero-order valence-corrected chi connectivity index (χ0v) is 18.7. The average molecular weight is 456 g/mol. The molecule has 174 valence electrons. The number of benzene rings is 2. The maximum absolute atomic E-state index is 13.0. The van der Waals surface area contributed by atoms with Crippen LogP contribution in [-0.2, 0) is 23.8 Å². The molecular formula is C23H24N2O8. The molecule has 10 nitrogen and oxygen atoms in total. The van der Waals surface area contributed by atoms with E-state index in [4.69, 9.17) is 23.7 Å². The van der Waals surface area contributed by atoms with Gasteiger partial charge in [-0.2, -0.15) is 0 Å². The summed E-state index contributed by atoms with van der Waals surface area (Å²) in [6.45, 7) is -0.136. The second kappa shape index (κ2) is 10.5. The molecule has 3 rings (SSSR count). The summed E-state index contributed by atoms with van der Waals surface area (Å²) in [4.78, 5) is 39.1. The molecule has 1 aliphatic heterocycles. The van der Waals surface area contributed by atoms with Gasteiger partial charge in [-0.3, -0.25) is 4.79 Å². The third kappa shape index (κ3) is 5.07. The first-order chi connectivity index (χ1) is 15.9. The van der Waals surface area contributed by atoms with Crippen LogP contribution in [0, 0.1) is 0 Å². The van der Waals surface area contributed by atoms with Crippen LogP contribution in [0.5, 0.6) is 11.5 Å². The lowest BCUT2D eigenvalue weighted by molar-refractivity contribution is -0.140. The van der Waals surface area contributed by atoms with E-state index in [1.54, 1.807) is 42.5 Å². The van der Waals surface area contributed by atoms with Gasteiger partial charge in [-0.05, 0) is 30.3 Å². The van der Waals surface area contributed by atoms with E-state index in [0.717, 1.165) is 0 Å². The molecule has 1 aliphatic rings. The van der Waals surface area contributed by atoms with Gasteiger partial charge in [0, 0.05) is 17.3 Å². The molecule has 1 heterocycles. The minimum absolute atomic E-state index is 0.0115. The largest absolute Gasteiger partial charge is 0.497 e. The van der Waals surface area contributed by atoms with Gasteiger partial charge in [-0.15, -0.1) is 0 Å². The first kappa shape index (κ1) is 23.6. The Morgan fingerprint density at radius 3 is 2.36 bits per heavy atom. The number of ether oxygens (including phenoxy) is 5. The van der Waals surface area contributed by atoms with Crippen molar-refractivity contribution in [1.82, 2.24) is 0 Å². The number of nitrogens with one attached hydrogen (secondary N) is 1. The van der Waals surface area contributed by atoms with Crippen LogP contribution in [0.4, 0.5) is 11.4 Å². The Kier molecular flexibility index (Phi) is 7.52. The lowest BCUT2D eigenvalue weighted by atomic mass is 10.1. The molecule has 33 heavy (non-hydrogen) atoms. The van der Waals surface area contributed by atoms with Crippen LogP contribution < -0.4 is 19.7 Å². The molecular weight excluding hydrogens is 432 g/mol. The number of anilines is 2. The van der Waals surface area contributed by atoms with E-state index >= 15 is 0 Å². The number of hydrogen-bond donors (Lipinski definition) is 1. The summed E-state index contributed by atoms with van der Waals surface area (Å²) in [6, 6.07) is 11.5. The van der Waals surface area contributed by atoms with Crippen molar-refractivity contribution >= 4 is 29.2 Å². The highest BCUT2D eigenvalue weighted by Gasteiger charge is 2.32. The number of amides is 1. The highest BCUT2D eigenvalue weighted by molar-refractivity contribution is 6.06. The molecule has 1 N–H and O–H groups in total. The summed E-state index contributed by atoms with van der Waals surface area (Å²) in [5.74, 6) is -0.844. The standard InChI is InChI=1S/C23H24N2O8/c1-29-16-8-9-19(30-2)18(11-16)24-21(26)14-6-5-7-15(10-14)25-13-33-12-17(22(27)31-3)20(25)23(28)32-4/h5-11H,12-13H2,1-4H3,(H,24,26). The molecule has 2 aromatic rings. The van der Waals surface area contributed by atoms with Crippen molar-refractivity contribution in [3.05, 3.63) is 59.3 Å². The summed E-state index contributed by atoms with van der Waals surface area (Å²) in [5.41, 5.74) is 1.18. The number of rotatable bonds is 7.